The molecular weight excluding hydrogens is 312 g/mol. The van der Waals surface area contributed by atoms with E-state index >= 15 is 0 Å². The van der Waals surface area contributed by atoms with E-state index < -0.39 is 0 Å². The molecule has 6 nitrogen and oxygen atoms in total. The minimum absolute atomic E-state index is 0.117. The van der Waals surface area contributed by atoms with Crippen LogP contribution in [0.1, 0.15) is 22.5 Å². The molecule has 126 valence electrons. The molecule has 7 heteroatoms. The molecule has 0 aliphatic heterocycles. The van der Waals surface area contributed by atoms with Gasteiger partial charge in [0.15, 0.2) is 10.6 Å². The van der Waals surface area contributed by atoms with Crippen molar-refractivity contribution >= 4 is 12.2 Å². The number of ether oxygens (including phenoxy) is 1. The van der Waals surface area contributed by atoms with Crippen molar-refractivity contribution in [1.29, 1.82) is 0 Å². The van der Waals surface area contributed by atoms with Crippen molar-refractivity contribution < 1.29 is 9.84 Å². The molecule has 1 N–H and O–H groups in total. The Morgan fingerprint density at radius 2 is 1.91 bits per heavy atom. The topological polar surface area (TPSA) is 55.4 Å². The van der Waals surface area contributed by atoms with Gasteiger partial charge in [-0.25, -0.2) is 4.68 Å². The van der Waals surface area contributed by atoms with Crippen molar-refractivity contribution in [2.24, 2.45) is 7.05 Å². The number of rotatable bonds is 6. The van der Waals surface area contributed by atoms with Gasteiger partial charge in [-0.2, -0.15) is 5.10 Å². The lowest BCUT2D eigenvalue weighted by Gasteiger charge is -2.18. The van der Waals surface area contributed by atoms with Gasteiger partial charge in [-0.1, -0.05) is 12.1 Å². The summed E-state index contributed by atoms with van der Waals surface area (Å²) in [7, 11) is 5.53. The summed E-state index contributed by atoms with van der Waals surface area (Å²) in [5, 5.41) is 13.6. The van der Waals surface area contributed by atoms with Crippen molar-refractivity contribution in [3.63, 3.8) is 0 Å². The van der Waals surface area contributed by atoms with Crippen LogP contribution in [0, 0.1) is 18.6 Å². The van der Waals surface area contributed by atoms with Crippen LogP contribution in [0.4, 0.5) is 0 Å². The van der Waals surface area contributed by atoms with Crippen LogP contribution in [0.2, 0.25) is 0 Å². The normalized spacial score (nSPS) is 11.3. The number of methoxy groups -OCH3 is 1. The molecule has 1 aromatic heterocycles. The quantitative estimate of drug-likeness (QED) is 0.819. The maximum atomic E-state index is 9.27. The highest BCUT2D eigenvalue weighted by atomic mass is 32.1. The van der Waals surface area contributed by atoms with E-state index in [0.29, 0.717) is 17.3 Å². The molecule has 0 amide bonds. The van der Waals surface area contributed by atoms with Crippen molar-refractivity contribution in [1.82, 2.24) is 19.2 Å². The zero-order chi connectivity index (χ0) is 17.1. The zero-order valence-electron chi connectivity index (χ0n) is 14.3. The highest BCUT2D eigenvalue weighted by Crippen LogP contribution is 2.24. The summed E-state index contributed by atoms with van der Waals surface area (Å²) in [6, 6.07) is 4.28. The van der Waals surface area contributed by atoms with Gasteiger partial charge in [0.25, 0.3) is 0 Å². The summed E-state index contributed by atoms with van der Waals surface area (Å²) in [5.41, 5.74) is 3.48. The molecule has 1 heterocycles. The molecule has 0 radical (unpaired) electrons. The molecule has 0 aliphatic carbocycles. The number of hydrogen-bond acceptors (Lipinski definition) is 5. The second-order valence-corrected chi connectivity index (χ2v) is 6.20. The number of benzene rings is 1. The first-order chi connectivity index (χ1) is 10.9. The van der Waals surface area contributed by atoms with E-state index in [9.17, 15) is 5.11 Å². The van der Waals surface area contributed by atoms with Crippen molar-refractivity contribution in [2.75, 3.05) is 14.2 Å². The van der Waals surface area contributed by atoms with E-state index in [1.165, 1.54) is 5.56 Å². The molecule has 0 atom stereocenters. The Bertz CT molecular complexity index is 728. The summed E-state index contributed by atoms with van der Waals surface area (Å²) < 4.78 is 9.46. The summed E-state index contributed by atoms with van der Waals surface area (Å²) in [6.45, 7) is 5.33. The van der Waals surface area contributed by atoms with Crippen LogP contribution in [0.5, 0.6) is 5.75 Å². The largest absolute Gasteiger partial charge is 0.496 e. The zero-order valence-corrected chi connectivity index (χ0v) is 15.1. The molecule has 1 aromatic carbocycles. The van der Waals surface area contributed by atoms with Crippen LogP contribution in [0.15, 0.2) is 12.1 Å². The lowest BCUT2D eigenvalue weighted by atomic mass is 10.1. The molecule has 2 aromatic rings. The Balaban J connectivity index is 2.14. The van der Waals surface area contributed by atoms with E-state index in [4.69, 9.17) is 17.0 Å². The minimum Gasteiger partial charge on any atom is -0.496 e. The fourth-order valence-electron chi connectivity index (χ4n) is 2.81. The van der Waals surface area contributed by atoms with E-state index in [-0.39, 0.29) is 6.61 Å². The number of nitrogens with zero attached hydrogens (tertiary/aromatic N) is 4. The van der Waals surface area contributed by atoms with Crippen LogP contribution in [0.25, 0.3) is 0 Å². The summed E-state index contributed by atoms with van der Waals surface area (Å²) in [5.74, 6) is 1.51. The highest BCUT2D eigenvalue weighted by Gasteiger charge is 2.10. The van der Waals surface area contributed by atoms with Crippen LogP contribution in [-0.2, 0) is 26.9 Å². The minimum atomic E-state index is -0.117. The average Bonchev–Trinajstić information content (AvgIpc) is 2.74. The fraction of sp³-hybridized carbons (Fsp3) is 0.500. The predicted octanol–water partition coefficient (Wildman–Crippen LogP) is 2.16. The molecule has 2 rings (SSSR count). The summed E-state index contributed by atoms with van der Waals surface area (Å²) >= 11 is 5.35. The smallest absolute Gasteiger partial charge is 0.198 e. The van der Waals surface area contributed by atoms with Gasteiger partial charge in [0, 0.05) is 13.6 Å². The first-order valence-electron chi connectivity index (χ1n) is 7.43. The van der Waals surface area contributed by atoms with Crippen LogP contribution < -0.4 is 4.74 Å². The summed E-state index contributed by atoms with van der Waals surface area (Å²) in [4.78, 5) is 2.13. The van der Waals surface area contributed by atoms with E-state index in [1.807, 2.05) is 14.1 Å². The number of aromatic nitrogens is 3. The van der Waals surface area contributed by atoms with Gasteiger partial charge in [-0.3, -0.25) is 4.90 Å². The Morgan fingerprint density at radius 1 is 1.30 bits per heavy atom. The Labute approximate surface area is 141 Å². The Kier molecular flexibility index (Phi) is 5.56. The molecule has 0 saturated carbocycles. The summed E-state index contributed by atoms with van der Waals surface area (Å²) in [6.07, 6.45) is 0. The second kappa shape index (κ2) is 7.25. The van der Waals surface area contributed by atoms with Gasteiger partial charge in [0.05, 0.1) is 13.8 Å². The molecule has 23 heavy (non-hydrogen) atoms. The van der Waals surface area contributed by atoms with Crippen LogP contribution >= 0.6 is 12.2 Å². The number of aliphatic hydroxyl groups is 1. The van der Waals surface area contributed by atoms with Gasteiger partial charge in [0.2, 0.25) is 0 Å². The number of aliphatic hydroxyl groups excluding tert-OH is 1. The van der Waals surface area contributed by atoms with Gasteiger partial charge in [0.1, 0.15) is 12.4 Å². The molecule has 0 saturated heterocycles. The fourth-order valence-corrected chi connectivity index (χ4v) is 3.01. The number of hydrogen-bond donors (Lipinski definition) is 1. The Morgan fingerprint density at radius 3 is 2.39 bits per heavy atom. The molecular formula is C16H24N4O2S. The van der Waals surface area contributed by atoms with E-state index in [0.717, 1.165) is 23.4 Å². The lowest BCUT2D eigenvalue weighted by Crippen LogP contribution is -2.22. The standard InChI is InChI=1S/C16H24N4O2S/c1-11-6-13(7-12(2)15(11)22-5)8-18(3)10-20-16(23)19(4)14(9-21)17-20/h6-7,21H,8-10H2,1-5H3. The van der Waals surface area contributed by atoms with Gasteiger partial charge >= 0.3 is 0 Å². The predicted molar refractivity (Wildman–Crippen MR) is 91.9 cm³/mol. The van der Waals surface area contributed by atoms with Crippen LogP contribution in [0.3, 0.4) is 0 Å². The van der Waals surface area contributed by atoms with E-state index in [1.54, 1.807) is 16.4 Å². The molecule has 0 unspecified atom stereocenters. The maximum Gasteiger partial charge on any atom is 0.198 e. The molecule has 0 bridgehead atoms. The maximum absolute atomic E-state index is 9.27. The van der Waals surface area contributed by atoms with Gasteiger partial charge < -0.3 is 14.4 Å². The first kappa shape index (κ1) is 17.7. The Hall–Kier alpha value is -1.70. The van der Waals surface area contributed by atoms with Gasteiger partial charge in [-0.05, 0) is 49.8 Å². The SMILES string of the molecule is COc1c(C)cc(CN(C)Cn2nc(CO)n(C)c2=S)cc1C. The van der Waals surface area contributed by atoms with Crippen molar-refractivity contribution in [3.8, 4) is 5.75 Å². The third-order valence-electron chi connectivity index (χ3n) is 3.82. The second-order valence-electron chi connectivity index (χ2n) is 5.83. The van der Waals surface area contributed by atoms with E-state index in [2.05, 4.69) is 36.0 Å². The third-order valence-corrected chi connectivity index (χ3v) is 4.31. The van der Waals surface area contributed by atoms with Crippen molar-refractivity contribution in [3.05, 3.63) is 39.4 Å². The number of aryl methyl sites for hydroxylation is 2. The first-order valence-corrected chi connectivity index (χ1v) is 7.84. The monoisotopic (exact) mass is 336 g/mol. The molecule has 0 aliphatic rings. The average molecular weight is 336 g/mol. The lowest BCUT2D eigenvalue weighted by molar-refractivity contribution is 0.238. The van der Waals surface area contributed by atoms with Crippen molar-refractivity contribution in [2.45, 2.75) is 33.7 Å². The highest BCUT2D eigenvalue weighted by molar-refractivity contribution is 7.71. The molecule has 0 fully saturated rings. The van der Waals surface area contributed by atoms with Crippen LogP contribution in [-0.4, -0.2) is 38.5 Å². The molecule has 0 spiro atoms. The van der Waals surface area contributed by atoms with Gasteiger partial charge in [-0.15, -0.1) is 0 Å². The third kappa shape index (κ3) is 3.80.